The average Bonchev–Trinajstić information content (AvgIpc) is 2.96. The first kappa shape index (κ1) is 29.5. The highest BCUT2D eigenvalue weighted by molar-refractivity contribution is 5.95. The molecule has 0 radical (unpaired) electrons. The van der Waals surface area contributed by atoms with Crippen molar-refractivity contribution in [1.29, 1.82) is 0 Å². The van der Waals surface area contributed by atoms with Gasteiger partial charge in [-0.25, -0.2) is 4.98 Å². The van der Waals surface area contributed by atoms with Crippen LogP contribution in [0, 0.1) is 0 Å². The topological polar surface area (TPSA) is 136 Å². The molecular weight excluding hydrogens is 522 g/mol. The number of nitrogens with two attached hydrogens (primary N) is 1. The quantitative estimate of drug-likeness (QED) is 0.322. The molecule has 1 fully saturated rings. The minimum atomic E-state index is -0.354. The molecule has 10 heteroatoms. The molecule has 41 heavy (non-hydrogen) atoms. The highest BCUT2D eigenvalue weighted by Crippen LogP contribution is 2.28. The molecule has 2 amide bonds. The Labute approximate surface area is 240 Å². The molecule has 1 saturated heterocycles. The highest BCUT2D eigenvalue weighted by atomic mass is 16.5. The van der Waals surface area contributed by atoms with Gasteiger partial charge < -0.3 is 30.7 Å². The molecular formula is C31H37N5O5. The number of aromatic nitrogens is 1. The molecule has 216 valence electrons. The van der Waals surface area contributed by atoms with Crippen molar-refractivity contribution in [2.75, 3.05) is 32.0 Å². The monoisotopic (exact) mass is 559 g/mol. The Hall–Kier alpha value is -4.44. The number of benzene rings is 2. The van der Waals surface area contributed by atoms with Crippen LogP contribution in [0.4, 0.5) is 5.82 Å². The van der Waals surface area contributed by atoms with E-state index >= 15 is 0 Å². The van der Waals surface area contributed by atoms with Crippen LogP contribution in [0.1, 0.15) is 53.5 Å². The molecule has 3 aromatic rings. The third-order valence-electron chi connectivity index (χ3n) is 6.70. The van der Waals surface area contributed by atoms with E-state index in [4.69, 9.17) is 15.2 Å². The number of nitrogens with one attached hydrogen (secondary N) is 2. The van der Waals surface area contributed by atoms with E-state index in [1.165, 1.54) is 0 Å². The lowest BCUT2D eigenvalue weighted by Gasteiger charge is -2.36. The summed E-state index contributed by atoms with van der Waals surface area (Å²) >= 11 is 0. The van der Waals surface area contributed by atoms with Gasteiger partial charge >= 0.3 is 5.97 Å². The molecule has 2 unspecified atom stereocenters. The number of carbonyl (C=O) groups is 3. The Balaban J connectivity index is 1.38. The zero-order chi connectivity index (χ0) is 29.4. The van der Waals surface area contributed by atoms with Crippen molar-refractivity contribution in [1.82, 2.24) is 20.5 Å². The number of anilines is 1. The molecule has 4 N–H and O–H groups in total. The van der Waals surface area contributed by atoms with Gasteiger partial charge in [-0.3, -0.25) is 14.4 Å². The number of hydrogen-bond donors (Lipinski definition) is 3. The highest BCUT2D eigenvalue weighted by Gasteiger charge is 2.25. The lowest BCUT2D eigenvalue weighted by Crippen LogP contribution is -2.55. The maximum absolute atomic E-state index is 13.0. The minimum Gasteiger partial charge on any atom is -0.485 e. The van der Waals surface area contributed by atoms with E-state index in [0.29, 0.717) is 36.6 Å². The summed E-state index contributed by atoms with van der Waals surface area (Å²) in [5.74, 6) is 0.0341. The number of pyridine rings is 1. The van der Waals surface area contributed by atoms with Gasteiger partial charge in [-0.15, -0.1) is 0 Å². The van der Waals surface area contributed by atoms with Crippen LogP contribution in [-0.4, -0.2) is 66.0 Å². The number of amides is 2. The zero-order valence-corrected chi connectivity index (χ0v) is 23.7. The first-order valence-corrected chi connectivity index (χ1v) is 13.8. The van der Waals surface area contributed by atoms with Crippen molar-refractivity contribution in [2.24, 2.45) is 0 Å². The van der Waals surface area contributed by atoms with Crippen LogP contribution in [-0.2, 0) is 16.1 Å². The van der Waals surface area contributed by atoms with E-state index in [1.54, 1.807) is 31.3 Å². The number of carbonyl (C=O) groups excluding carboxylic acids is 3. The standard InChI is InChI=1S/C31H37N5O5/c1-4-40-28(37)12-13-33-30(38)25-7-5-6-22(14-25)19-41-27-15-26(16-34-29(27)32)23-8-10-24(11-9-23)31(39)36-17-20(2)35-21(3)18-36/h5-11,14-16,20-21,35H,4,12-13,17-19H2,1-3H3,(H2,32,34)(H,33,38). The molecule has 4 rings (SSSR count). The normalized spacial score (nSPS) is 16.6. The van der Waals surface area contributed by atoms with E-state index < -0.39 is 0 Å². The molecule has 0 saturated carbocycles. The van der Waals surface area contributed by atoms with E-state index in [2.05, 4.69) is 29.5 Å². The largest absolute Gasteiger partial charge is 0.485 e. The minimum absolute atomic E-state index is 0.0195. The van der Waals surface area contributed by atoms with E-state index in [-0.39, 0.29) is 55.3 Å². The number of nitrogen functional groups attached to an aromatic ring is 1. The lowest BCUT2D eigenvalue weighted by molar-refractivity contribution is -0.142. The fraction of sp³-hybridized carbons (Fsp3) is 0.355. The molecule has 1 aliphatic heterocycles. The van der Waals surface area contributed by atoms with Gasteiger partial charge in [0.25, 0.3) is 11.8 Å². The molecule has 2 atom stereocenters. The van der Waals surface area contributed by atoms with E-state index in [9.17, 15) is 14.4 Å². The number of esters is 1. The zero-order valence-electron chi connectivity index (χ0n) is 23.7. The van der Waals surface area contributed by atoms with Gasteiger partial charge in [-0.1, -0.05) is 24.3 Å². The predicted molar refractivity (Wildman–Crippen MR) is 156 cm³/mol. The van der Waals surface area contributed by atoms with Crippen LogP contribution in [0.3, 0.4) is 0 Å². The van der Waals surface area contributed by atoms with Crippen LogP contribution < -0.4 is 21.1 Å². The molecule has 10 nitrogen and oxygen atoms in total. The fourth-order valence-corrected chi connectivity index (χ4v) is 4.79. The van der Waals surface area contributed by atoms with Gasteiger partial charge in [0.2, 0.25) is 0 Å². The average molecular weight is 560 g/mol. The summed E-state index contributed by atoms with van der Waals surface area (Å²) in [6.45, 7) is 7.92. The summed E-state index contributed by atoms with van der Waals surface area (Å²) in [5.41, 5.74) is 9.62. The van der Waals surface area contributed by atoms with Crippen LogP contribution in [0.15, 0.2) is 60.8 Å². The molecule has 0 bridgehead atoms. The molecule has 2 heterocycles. The van der Waals surface area contributed by atoms with Gasteiger partial charge in [0.05, 0.1) is 13.0 Å². The fourth-order valence-electron chi connectivity index (χ4n) is 4.79. The maximum Gasteiger partial charge on any atom is 0.307 e. The Bertz CT molecular complexity index is 1370. The first-order chi connectivity index (χ1) is 19.7. The maximum atomic E-state index is 13.0. The molecule has 1 aromatic heterocycles. The second kappa shape index (κ2) is 13.8. The Morgan fingerprint density at radius 2 is 1.76 bits per heavy atom. The molecule has 0 spiro atoms. The SMILES string of the molecule is CCOC(=O)CCNC(=O)c1cccc(COc2cc(-c3ccc(C(=O)N4CC(C)NC(C)C4)cc3)cnc2N)c1. The summed E-state index contributed by atoms with van der Waals surface area (Å²) < 4.78 is 10.8. The Kier molecular flexibility index (Phi) is 9.91. The number of hydrogen-bond acceptors (Lipinski definition) is 8. The number of ether oxygens (including phenoxy) is 2. The van der Waals surface area contributed by atoms with Gasteiger partial charge in [-0.05, 0) is 62.2 Å². The summed E-state index contributed by atoms with van der Waals surface area (Å²) in [6, 6.07) is 16.8. The van der Waals surface area contributed by atoms with E-state index in [0.717, 1.165) is 16.7 Å². The smallest absolute Gasteiger partial charge is 0.307 e. The molecule has 0 aliphatic carbocycles. The van der Waals surface area contributed by atoms with Crippen molar-refractivity contribution >= 4 is 23.6 Å². The van der Waals surface area contributed by atoms with Crippen molar-refractivity contribution < 1.29 is 23.9 Å². The summed E-state index contributed by atoms with van der Waals surface area (Å²) in [6.07, 6.45) is 1.78. The summed E-state index contributed by atoms with van der Waals surface area (Å²) in [4.78, 5) is 43.2. The van der Waals surface area contributed by atoms with E-state index in [1.807, 2.05) is 41.3 Å². The van der Waals surface area contributed by atoms with Gasteiger partial charge in [0, 0.05) is 54.6 Å². The third kappa shape index (κ3) is 8.04. The first-order valence-electron chi connectivity index (χ1n) is 13.8. The summed E-state index contributed by atoms with van der Waals surface area (Å²) in [5, 5.41) is 6.16. The van der Waals surface area contributed by atoms with Crippen molar-refractivity contribution in [2.45, 2.75) is 45.9 Å². The third-order valence-corrected chi connectivity index (χ3v) is 6.70. The Morgan fingerprint density at radius 1 is 1.02 bits per heavy atom. The van der Waals surface area contributed by atoms with Crippen LogP contribution in [0.5, 0.6) is 5.75 Å². The number of rotatable bonds is 10. The number of piperazine rings is 1. The second-order valence-corrected chi connectivity index (χ2v) is 10.2. The Morgan fingerprint density at radius 3 is 2.46 bits per heavy atom. The van der Waals surface area contributed by atoms with Gasteiger partial charge in [0.1, 0.15) is 6.61 Å². The van der Waals surface area contributed by atoms with Gasteiger partial charge in [0.15, 0.2) is 11.6 Å². The number of nitrogens with zero attached hydrogens (tertiary/aromatic N) is 2. The van der Waals surface area contributed by atoms with Crippen LogP contribution in [0.2, 0.25) is 0 Å². The van der Waals surface area contributed by atoms with Crippen LogP contribution in [0.25, 0.3) is 11.1 Å². The lowest BCUT2D eigenvalue weighted by atomic mass is 10.0. The predicted octanol–water partition coefficient (Wildman–Crippen LogP) is 3.42. The van der Waals surface area contributed by atoms with Crippen LogP contribution >= 0.6 is 0 Å². The molecule has 2 aromatic carbocycles. The second-order valence-electron chi connectivity index (χ2n) is 10.2. The van der Waals surface area contributed by atoms with Gasteiger partial charge in [-0.2, -0.15) is 0 Å². The van der Waals surface area contributed by atoms with Crippen molar-refractivity contribution in [3.05, 3.63) is 77.5 Å². The summed E-state index contributed by atoms with van der Waals surface area (Å²) in [7, 11) is 0. The molecule has 1 aliphatic rings. The van der Waals surface area contributed by atoms with Crippen molar-refractivity contribution in [3.63, 3.8) is 0 Å². The van der Waals surface area contributed by atoms with Crippen molar-refractivity contribution in [3.8, 4) is 16.9 Å².